The molecule has 3 atom stereocenters. The molecule has 0 heterocycles. The van der Waals surface area contributed by atoms with Gasteiger partial charge in [0.1, 0.15) is 0 Å². The van der Waals surface area contributed by atoms with E-state index in [9.17, 15) is 0 Å². The van der Waals surface area contributed by atoms with E-state index in [0.717, 1.165) is 19.1 Å². The summed E-state index contributed by atoms with van der Waals surface area (Å²) >= 11 is 0. The van der Waals surface area contributed by atoms with E-state index < -0.39 is 0 Å². The van der Waals surface area contributed by atoms with E-state index in [2.05, 4.69) is 39.9 Å². The predicted molar refractivity (Wildman–Crippen MR) is 92.8 cm³/mol. The first-order valence-electron chi connectivity index (χ1n) is 9.40. The highest BCUT2D eigenvalue weighted by molar-refractivity contribution is 4.90. The second kappa shape index (κ2) is 9.84. The lowest BCUT2D eigenvalue weighted by molar-refractivity contribution is -0.0321. The van der Waals surface area contributed by atoms with E-state index in [4.69, 9.17) is 4.74 Å². The van der Waals surface area contributed by atoms with Crippen molar-refractivity contribution in [3.8, 4) is 0 Å². The first-order chi connectivity index (χ1) is 10.0. The predicted octanol–water partition coefficient (Wildman–Crippen LogP) is 5.17. The molecular formula is C19H39NO. The van der Waals surface area contributed by atoms with Gasteiger partial charge in [0.15, 0.2) is 0 Å². The smallest absolute Gasteiger partial charge is 0.0730 e. The van der Waals surface area contributed by atoms with E-state index in [1.165, 1.54) is 51.4 Å². The first kappa shape index (κ1) is 19.0. The molecule has 1 rings (SSSR count). The van der Waals surface area contributed by atoms with Crippen LogP contribution in [-0.2, 0) is 4.74 Å². The Morgan fingerprint density at radius 2 is 1.81 bits per heavy atom. The number of nitrogens with one attached hydrogen (secondary N) is 1. The maximum atomic E-state index is 6.30. The van der Waals surface area contributed by atoms with Crippen LogP contribution in [0.3, 0.4) is 0 Å². The van der Waals surface area contributed by atoms with Gasteiger partial charge in [-0.15, -0.1) is 0 Å². The Kier molecular flexibility index (Phi) is 8.89. The minimum Gasteiger partial charge on any atom is -0.377 e. The van der Waals surface area contributed by atoms with Crippen molar-refractivity contribution in [1.29, 1.82) is 0 Å². The van der Waals surface area contributed by atoms with Gasteiger partial charge in [0, 0.05) is 12.6 Å². The summed E-state index contributed by atoms with van der Waals surface area (Å²) in [6.45, 7) is 13.8. The lowest BCUT2D eigenvalue weighted by atomic mass is 9.68. The Morgan fingerprint density at radius 3 is 2.43 bits per heavy atom. The van der Waals surface area contributed by atoms with Gasteiger partial charge in [0.2, 0.25) is 0 Å². The molecule has 0 aromatic carbocycles. The van der Waals surface area contributed by atoms with Crippen LogP contribution in [0.1, 0.15) is 86.0 Å². The van der Waals surface area contributed by atoms with Gasteiger partial charge < -0.3 is 10.1 Å². The number of ether oxygens (including phenoxy) is 1. The maximum absolute atomic E-state index is 6.30. The van der Waals surface area contributed by atoms with Gasteiger partial charge >= 0.3 is 0 Å². The quantitative estimate of drug-likeness (QED) is 0.562. The minimum atomic E-state index is 0.429. The summed E-state index contributed by atoms with van der Waals surface area (Å²) in [5.74, 6) is 0.818. The molecule has 2 nitrogen and oxygen atoms in total. The number of hydrogen-bond donors (Lipinski definition) is 1. The second-order valence-electron chi connectivity index (χ2n) is 7.53. The van der Waals surface area contributed by atoms with Crippen molar-refractivity contribution in [3.05, 3.63) is 0 Å². The van der Waals surface area contributed by atoms with Crippen LogP contribution >= 0.6 is 0 Å². The van der Waals surface area contributed by atoms with E-state index >= 15 is 0 Å². The standard InChI is InChI=1S/C19H39NO/c1-6-9-10-14-21-18-15-16(19(4,5)8-3)11-12-17(18)20-13-7-2/h16-18,20H,6-15H2,1-5H3. The Labute approximate surface area is 133 Å². The number of hydrogen-bond acceptors (Lipinski definition) is 2. The van der Waals surface area contributed by atoms with Crippen molar-refractivity contribution in [1.82, 2.24) is 5.32 Å². The highest BCUT2D eigenvalue weighted by Gasteiger charge is 2.37. The molecule has 0 aromatic heterocycles. The molecule has 1 N–H and O–H groups in total. The van der Waals surface area contributed by atoms with E-state index in [-0.39, 0.29) is 0 Å². The summed E-state index contributed by atoms with van der Waals surface area (Å²) in [4.78, 5) is 0. The fourth-order valence-corrected chi connectivity index (χ4v) is 3.46. The molecule has 2 heteroatoms. The average Bonchev–Trinajstić information content (AvgIpc) is 2.50. The van der Waals surface area contributed by atoms with Crippen LogP contribution in [0.2, 0.25) is 0 Å². The van der Waals surface area contributed by atoms with E-state index in [0.29, 0.717) is 17.6 Å². The topological polar surface area (TPSA) is 21.3 Å². The Bertz CT molecular complexity index is 264. The molecule has 21 heavy (non-hydrogen) atoms. The normalized spacial score (nSPS) is 27.0. The zero-order valence-corrected chi connectivity index (χ0v) is 15.2. The average molecular weight is 298 g/mol. The summed E-state index contributed by atoms with van der Waals surface area (Å²) in [6, 6.07) is 0.579. The molecule has 0 amide bonds. The molecular weight excluding hydrogens is 258 g/mol. The van der Waals surface area contributed by atoms with Gasteiger partial charge in [0.05, 0.1) is 6.10 Å². The van der Waals surface area contributed by atoms with Crippen molar-refractivity contribution < 1.29 is 4.74 Å². The van der Waals surface area contributed by atoms with Crippen molar-refractivity contribution in [3.63, 3.8) is 0 Å². The van der Waals surface area contributed by atoms with Gasteiger partial charge in [-0.25, -0.2) is 0 Å². The van der Waals surface area contributed by atoms with Gasteiger partial charge in [-0.05, 0) is 50.0 Å². The number of unbranched alkanes of at least 4 members (excludes halogenated alkanes) is 2. The van der Waals surface area contributed by atoms with Crippen molar-refractivity contribution in [2.75, 3.05) is 13.2 Å². The third-order valence-corrected chi connectivity index (χ3v) is 5.54. The molecule has 3 unspecified atom stereocenters. The first-order valence-corrected chi connectivity index (χ1v) is 9.40. The van der Waals surface area contributed by atoms with Gasteiger partial charge in [0.25, 0.3) is 0 Å². The Balaban J connectivity index is 2.54. The molecule has 0 bridgehead atoms. The van der Waals surface area contributed by atoms with Crippen molar-refractivity contribution in [2.24, 2.45) is 11.3 Å². The summed E-state index contributed by atoms with van der Waals surface area (Å²) in [6.07, 6.45) is 10.6. The summed E-state index contributed by atoms with van der Waals surface area (Å²) < 4.78 is 6.30. The molecule has 1 fully saturated rings. The van der Waals surface area contributed by atoms with Crippen molar-refractivity contribution in [2.45, 2.75) is 98.1 Å². The molecule has 1 aliphatic carbocycles. The van der Waals surface area contributed by atoms with Crippen LogP contribution in [0.4, 0.5) is 0 Å². The molecule has 126 valence electrons. The fraction of sp³-hybridized carbons (Fsp3) is 1.00. The summed E-state index contributed by atoms with van der Waals surface area (Å²) in [5, 5.41) is 3.73. The van der Waals surface area contributed by atoms with Crippen molar-refractivity contribution >= 4 is 0 Å². The lowest BCUT2D eigenvalue weighted by Crippen LogP contribution is -2.48. The van der Waals surface area contributed by atoms with Crippen LogP contribution < -0.4 is 5.32 Å². The molecule has 0 aliphatic heterocycles. The van der Waals surface area contributed by atoms with Crippen LogP contribution in [0.5, 0.6) is 0 Å². The van der Waals surface area contributed by atoms with Crippen LogP contribution in [0.15, 0.2) is 0 Å². The molecule has 0 aromatic rings. The molecule has 1 aliphatic rings. The highest BCUT2D eigenvalue weighted by Crippen LogP contribution is 2.41. The van der Waals surface area contributed by atoms with Crippen LogP contribution in [0.25, 0.3) is 0 Å². The SMILES string of the molecule is CCCCCOC1CC(C(C)(C)CC)CCC1NCCC. The number of rotatable bonds is 10. The zero-order chi connectivity index (χ0) is 15.7. The van der Waals surface area contributed by atoms with Gasteiger partial charge in [-0.3, -0.25) is 0 Å². The lowest BCUT2D eigenvalue weighted by Gasteiger charge is -2.43. The monoisotopic (exact) mass is 297 g/mol. The molecule has 0 radical (unpaired) electrons. The summed E-state index contributed by atoms with van der Waals surface area (Å²) in [7, 11) is 0. The minimum absolute atomic E-state index is 0.429. The molecule has 0 spiro atoms. The Hall–Kier alpha value is -0.0800. The van der Waals surface area contributed by atoms with Gasteiger partial charge in [-0.2, -0.15) is 0 Å². The second-order valence-corrected chi connectivity index (χ2v) is 7.53. The van der Waals surface area contributed by atoms with Crippen LogP contribution in [0, 0.1) is 11.3 Å². The third kappa shape index (κ3) is 6.28. The Morgan fingerprint density at radius 1 is 1.05 bits per heavy atom. The fourth-order valence-electron chi connectivity index (χ4n) is 3.46. The molecule has 1 saturated carbocycles. The molecule has 0 saturated heterocycles. The van der Waals surface area contributed by atoms with E-state index in [1.807, 2.05) is 0 Å². The van der Waals surface area contributed by atoms with Crippen LogP contribution in [-0.4, -0.2) is 25.3 Å². The third-order valence-electron chi connectivity index (χ3n) is 5.54. The highest BCUT2D eigenvalue weighted by atomic mass is 16.5. The van der Waals surface area contributed by atoms with Gasteiger partial charge in [-0.1, -0.05) is 53.9 Å². The van der Waals surface area contributed by atoms with E-state index in [1.54, 1.807) is 0 Å². The largest absolute Gasteiger partial charge is 0.377 e. The summed E-state index contributed by atoms with van der Waals surface area (Å²) in [5.41, 5.74) is 0.459. The zero-order valence-electron chi connectivity index (χ0n) is 15.2. The maximum Gasteiger partial charge on any atom is 0.0730 e.